The van der Waals surface area contributed by atoms with Crippen molar-refractivity contribution in [1.29, 1.82) is 0 Å². The zero-order chi connectivity index (χ0) is 16.1. The summed E-state index contributed by atoms with van der Waals surface area (Å²) >= 11 is 1.52. The molecule has 0 spiro atoms. The highest BCUT2D eigenvalue weighted by atomic mass is 32.2. The summed E-state index contributed by atoms with van der Waals surface area (Å²) in [6.07, 6.45) is 5.12. The molecule has 22 heavy (non-hydrogen) atoms. The van der Waals surface area contributed by atoms with Gasteiger partial charge in [-0.1, -0.05) is 18.7 Å². The fourth-order valence-electron chi connectivity index (χ4n) is 1.77. The summed E-state index contributed by atoms with van der Waals surface area (Å²) in [7, 11) is 3.80. The maximum Gasteiger partial charge on any atom is 0.341 e. The van der Waals surface area contributed by atoms with Gasteiger partial charge in [-0.25, -0.2) is 9.78 Å². The molecule has 2 aromatic rings. The van der Waals surface area contributed by atoms with Gasteiger partial charge < -0.3 is 9.64 Å². The fourth-order valence-corrected chi connectivity index (χ4v) is 2.31. The molecule has 0 saturated carbocycles. The molecule has 0 aromatic carbocycles. The summed E-state index contributed by atoms with van der Waals surface area (Å²) in [5.41, 5.74) is 0.970. The van der Waals surface area contributed by atoms with Crippen molar-refractivity contribution in [3.63, 3.8) is 0 Å². The average Bonchev–Trinajstić information content (AvgIpc) is 2.87. The SMILES string of the molecule is CCOC(=O)c1cnc2nc(SCC)nn2c1C=CN(C)C. The minimum atomic E-state index is -0.421. The van der Waals surface area contributed by atoms with Crippen LogP contribution < -0.4 is 0 Å². The normalized spacial score (nSPS) is 11.3. The van der Waals surface area contributed by atoms with Gasteiger partial charge in [-0.05, 0) is 18.8 Å². The van der Waals surface area contributed by atoms with Crippen LogP contribution in [0.4, 0.5) is 0 Å². The van der Waals surface area contributed by atoms with Crippen molar-refractivity contribution in [2.45, 2.75) is 19.0 Å². The monoisotopic (exact) mass is 321 g/mol. The Morgan fingerprint density at radius 3 is 2.86 bits per heavy atom. The van der Waals surface area contributed by atoms with Gasteiger partial charge in [-0.2, -0.15) is 9.50 Å². The zero-order valence-electron chi connectivity index (χ0n) is 13.1. The van der Waals surface area contributed by atoms with Gasteiger partial charge in [0.05, 0.1) is 12.3 Å². The molecule has 0 unspecified atom stereocenters. The third kappa shape index (κ3) is 3.56. The molecule has 0 aliphatic heterocycles. The van der Waals surface area contributed by atoms with E-state index in [4.69, 9.17) is 4.74 Å². The zero-order valence-corrected chi connectivity index (χ0v) is 13.9. The molecule has 8 heteroatoms. The van der Waals surface area contributed by atoms with Crippen molar-refractivity contribution in [3.05, 3.63) is 23.7 Å². The smallest absolute Gasteiger partial charge is 0.341 e. The Labute approximate surface area is 133 Å². The largest absolute Gasteiger partial charge is 0.462 e. The maximum atomic E-state index is 12.1. The molecule has 0 aliphatic rings. The summed E-state index contributed by atoms with van der Waals surface area (Å²) in [6.45, 7) is 4.10. The molecular formula is C14H19N5O2S. The molecule has 0 radical (unpaired) electrons. The Bertz CT molecular complexity index is 696. The Morgan fingerprint density at radius 1 is 1.45 bits per heavy atom. The quantitative estimate of drug-likeness (QED) is 0.594. The van der Waals surface area contributed by atoms with E-state index in [0.717, 1.165) is 5.75 Å². The molecule has 2 aromatic heterocycles. The summed E-state index contributed by atoms with van der Waals surface area (Å²) < 4.78 is 6.66. The van der Waals surface area contributed by atoms with Crippen LogP contribution in [0.15, 0.2) is 17.6 Å². The van der Waals surface area contributed by atoms with Crippen molar-refractivity contribution in [3.8, 4) is 0 Å². The van der Waals surface area contributed by atoms with Gasteiger partial charge in [0.2, 0.25) is 5.16 Å². The summed E-state index contributed by atoms with van der Waals surface area (Å²) in [4.78, 5) is 22.5. The van der Waals surface area contributed by atoms with E-state index in [9.17, 15) is 4.79 Å². The van der Waals surface area contributed by atoms with Crippen LogP contribution in [-0.2, 0) is 4.74 Å². The van der Waals surface area contributed by atoms with Crippen LogP contribution in [-0.4, -0.2) is 56.9 Å². The van der Waals surface area contributed by atoms with Gasteiger partial charge in [0.15, 0.2) is 0 Å². The molecule has 118 valence electrons. The lowest BCUT2D eigenvalue weighted by molar-refractivity contribution is 0.0525. The number of rotatable bonds is 6. The second-order valence-electron chi connectivity index (χ2n) is 4.60. The molecule has 0 bridgehead atoms. The molecule has 0 fully saturated rings. The molecule has 0 N–H and O–H groups in total. The highest BCUT2D eigenvalue weighted by molar-refractivity contribution is 7.99. The van der Waals surface area contributed by atoms with Gasteiger partial charge >= 0.3 is 5.97 Å². The highest BCUT2D eigenvalue weighted by Gasteiger charge is 2.17. The summed E-state index contributed by atoms with van der Waals surface area (Å²) in [5, 5.41) is 5.05. The predicted octanol–water partition coefficient (Wildman–Crippen LogP) is 1.95. The van der Waals surface area contributed by atoms with E-state index in [-0.39, 0.29) is 0 Å². The second-order valence-corrected chi connectivity index (χ2v) is 5.83. The summed E-state index contributed by atoms with van der Waals surface area (Å²) in [6, 6.07) is 0. The number of esters is 1. The third-order valence-corrected chi connectivity index (χ3v) is 3.40. The van der Waals surface area contributed by atoms with E-state index in [1.807, 2.05) is 32.1 Å². The first kappa shape index (κ1) is 16.3. The van der Waals surface area contributed by atoms with Crippen molar-refractivity contribution >= 4 is 29.6 Å². The van der Waals surface area contributed by atoms with E-state index in [2.05, 4.69) is 15.1 Å². The number of ether oxygens (including phenoxy) is 1. The first-order valence-electron chi connectivity index (χ1n) is 6.97. The average molecular weight is 321 g/mol. The number of thioether (sulfide) groups is 1. The predicted molar refractivity (Wildman–Crippen MR) is 85.9 cm³/mol. The lowest BCUT2D eigenvalue weighted by Gasteiger charge is -2.08. The first-order chi connectivity index (χ1) is 10.6. The third-order valence-electron chi connectivity index (χ3n) is 2.68. The first-order valence-corrected chi connectivity index (χ1v) is 7.95. The fraction of sp³-hybridized carbons (Fsp3) is 0.429. The molecule has 7 nitrogen and oxygen atoms in total. The van der Waals surface area contributed by atoms with Crippen molar-refractivity contribution in [1.82, 2.24) is 24.5 Å². The van der Waals surface area contributed by atoms with Crippen LogP contribution in [0.5, 0.6) is 0 Å². The van der Waals surface area contributed by atoms with E-state index < -0.39 is 5.97 Å². The van der Waals surface area contributed by atoms with Gasteiger partial charge in [0, 0.05) is 26.5 Å². The standard InChI is InChI=1S/C14H19N5O2S/c1-5-21-12(20)10-9-15-13-16-14(22-6-2)17-19(13)11(10)7-8-18(3)4/h7-9H,5-6H2,1-4H3. The Morgan fingerprint density at radius 2 is 2.23 bits per heavy atom. The lowest BCUT2D eigenvalue weighted by Crippen LogP contribution is -2.12. The van der Waals surface area contributed by atoms with Crippen LogP contribution in [0.3, 0.4) is 0 Å². The van der Waals surface area contributed by atoms with E-state index >= 15 is 0 Å². The number of carbonyl (C=O) groups excluding carboxylic acids is 1. The summed E-state index contributed by atoms with van der Waals surface area (Å²) in [5.74, 6) is 0.905. The van der Waals surface area contributed by atoms with Crippen LogP contribution in [0.25, 0.3) is 11.9 Å². The minimum Gasteiger partial charge on any atom is -0.462 e. The van der Waals surface area contributed by atoms with E-state index in [0.29, 0.717) is 28.8 Å². The molecule has 0 saturated heterocycles. The van der Waals surface area contributed by atoms with Crippen LogP contribution in [0.1, 0.15) is 29.9 Å². The van der Waals surface area contributed by atoms with Crippen LogP contribution in [0, 0.1) is 0 Å². The number of hydrogen-bond donors (Lipinski definition) is 0. The minimum absolute atomic E-state index is 0.308. The molecule has 0 aliphatic carbocycles. The van der Waals surface area contributed by atoms with Gasteiger partial charge in [-0.15, -0.1) is 5.10 Å². The van der Waals surface area contributed by atoms with Crippen LogP contribution in [0.2, 0.25) is 0 Å². The lowest BCUT2D eigenvalue weighted by atomic mass is 10.2. The van der Waals surface area contributed by atoms with Gasteiger partial charge in [-0.3, -0.25) is 0 Å². The van der Waals surface area contributed by atoms with Crippen molar-refractivity contribution < 1.29 is 9.53 Å². The number of aromatic nitrogens is 4. The molecule has 2 rings (SSSR count). The highest BCUT2D eigenvalue weighted by Crippen LogP contribution is 2.17. The molecular weight excluding hydrogens is 302 g/mol. The maximum absolute atomic E-state index is 12.1. The van der Waals surface area contributed by atoms with E-state index in [1.165, 1.54) is 18.0 Å². The number of nitrogens with zero attached hydrogens (tertiary/aromatic N) is 5. The Balaban J connectivity index is 2.58. The van der Waals surface area contributed by atoms with E-state index in [1.54, 1.807) is 17.5 Å². The topological polar surface area (TPSA) is 72.6 Å². The number of fused-ring (bicyclic) bond motifs is 1. The molecule has 0 amide bonds. The van der Waals surface area contributed by atoms with Crippen molar-refractivity contribution in [2.24, 2.45) is 0 Å². The molecule has 0 atom stereocenters. The number of carbonyl (C=O) groups is 1. The Hall–Kier alpha value is -2.09. The van der Waals surface area contributed by atoms with Gasteiger partial charge in [0.25, 0.3) is 5.78 Å². The van der Waals surface area contributed by atoms with Crippen molar-refractivity contribution in [2.75, 3.05) is 26.5 Å². The second kappa shape index (κ2) is 7.26. The molecule has 2 heterocycles. The van der Waals surface area contributed by atoms with Crippen LogP contribution >= 0.6 is 11.8 Å². The van der Waals surface area contributed by atoms with Gasteiger partial charge in [0.1, 0.15) is 5.56 Å². The number of hydrogen-bond acceptors (Lipinski definition) is 7. The Kier molecular flexibility index (Phi) is 5.37.